The molecule has 1 aliphatic heterocycles. The minimum absolute atomic E-state index is 0.328. The van der Waals surface area contributed by atoms with Crippen molar-refractivity contribution in [1.29, 1.82) is 0 Å². The van der Waals surface area contributed by atoms with Crippen molar-refractivity contribution in [3.05, 3.63) is 0 Å². The molecule has 0 aromatic rings. The van der Waals surface area contributed by atoms with Crippen LogP contribution in [-0.4, -0.2) is 66.2 Å². The normalized spacial score (nSPS) is 17.8. The number of nitrogens with one attached hydrogen (secondary N) is 1. The summed E-state index contributed by atoms with van der Waals surface area (Å²) in [7, 11) is 3.64. The van der Waals surface area contributed by atoms with E-state index in [2.05, 4.69) is 17.3 Å². The van der Waals surface area contributed by atoms with Crippen molar-refractivity contribution < 1.29 is 14.7 Å². The Bertz CT molecular complexity index is 350. The molecular formula is C14H27N3O3. The smallest absolute Gasteiger partial charge is 0.329 e. The van der Waals surface area contributed by atoms with Crippen LogP contribution < -0.4 is 5.32 Å². The fourth-order valence-electron chi connectivity index (χ4n) is 2.25. The van der Waals surface area contributed by atoms with Crippen LogP contribution in [0, 0.1) is 5.92 Å². The first-order chi connectivity index (χ1) is 9.25. The molecule has 1 rings (SSSR count). The summed E-state index contributed by atoms with van der Waals surface area (Å²) in [4.78, 5) is 26.6. The van der Waals surface area contributed by atoms with E-state index in [0.717, 1.165) is 19.5 Å². The molecule has 1 aliphatic rings. The molecule has 0 aliphatic carbocycles. The number of urea groups is 1. The van der Waals surface area contributed by atoms with Crippen LogP contribution in [0.3, 0.4) is 0 Å². The highest BCUT2D eigenvalue weighted by Gasteiger charge is 2.35. The van der Waals surface area contributed by atoms with Crippen LogP contribution >= 0.6 is 0 Å². The summed E-state index contributed by atoms with van der Waals surface area (Å²) in [5.41, 5.74) is -1.20. The van der Waals surface area contributed by atoms with Gasteiger partial charge in [0.15, 0.2) is 0 Å². The van der Waals surface area contributed by atoms with E-state index in [-0.39, 0.29) is 6.03 Å². The number of carbonyl (C=O) groups excluding carboxylic acids is 1. The predicted octanol–water partition coefficient (Wildman–Crippen LogP) is 1.22. The van der Waals surface area contributed by atoms with Gasteiger partial charge in [0.05, 0.1) is 0 Å². The van der Waals surface area contributed by atoms with Gasteiger partial charge in [0.2, 0.25) is 0 Å². The van der Waals surface area contributed by atoms with Crippen LogP contribution in [0.5, 0.6) is 0 Å². The number of hydrogen-bond acceptors (Lipinski definition) is 3. The number of aliphatic carboxylic acids is 1. The van der Waals surface area contributed by atoms with E-state index in [4.69, 9.17) is 5.11 Å². The molecule has 0 atom stereocenters. The number of rotatable bonds is 5. The van der Waals surface area contributed by atoms with Crippen LogP contribution in [0.25, 0.3) is 0 Å². The van der Waals surface area contributed by atoms with Gasteiger partial charge in [-0.15, -0.1) is 0 Å². The first kappa shape index (κ1) is 16.8. The summed E-state index contributed by atoms with van der Waals surface area (Å²) >= 11 is 0. The van der Waals surface area contributed by atoms with E-state index in [1.54, 1.807) is 0 Å². The molecule has 0 unspecified atom stereocenters. The lowest BCUT2D eigenvalue weighted by molar-refractivity contribution is -0.146. The first-order valence-corrected chi connectivity index (χ1v) is 7.18. The van der Waals surface area contributed by atoms with E-state index < -0.39 is 11.5 Å². The van der Waals surface area contributed by atoms with Gasteiger partial charge in [0.25, 0.3) is 0 Å². The van der Waals surface area contributed by atoms with Gasteiger partial charge in [0.1, 0.15) is 5.54 Å². The number of likely N-dealkylation sites (N-methyl/N-ethyl adjacent to an activating group) is 1. The topological polar surface area (TPSA) is 72.9 Å². The fourth-order valence-corrected chi connectivity index (χ4v) is 2.25. The van der Waals surface area contributed by atoms with E-state index in [1.165, 1.54) is 38.6 Å². The average Bonchev–Trinajstić information content (AvgIpc) is 2.39. The second kappa shape index (κ2) is 6.92. The summed E-state index contributed by atoms with van der Waals surface area (Å²) in [6, 6.07) is -0.328. The molecule has 0 saturated carbocycles. The van der Waals surface area contributed by atoms with Gasteiger partial charge in [-0.05, 0) is 59.2 Å². The number of hydrogen-bond donors (Lipinski definition) is 2. The van der Waals surface area contributed by atoms with Crippen LogP contribution in [0.2, 0.25) is 0 Å². The zero-order chi connectivity index (χ0) is 15.3. The van der Waals surface area contributed by atoms with Crippen LogP contribution in [0.15, 0.2) is 0 Å². The maximum atomic E-state index is 11.9. The van der Waals surface area contributed by atoms with Crippen molar-refractivity contribution in [2.75, 3.05) is 33.7 Å². The number of carbonyl (C=O) groups is 2. The summed E-state index contributed by atoms with van der Waals surface area (Å²) in [6.07, 6.45) is 3.30. The van der Waals surface area contributed by atoms with Crippen molar-refractivity contribution in [1.82, 2.24) is 15.1 Å². The van der Waals surface area contributed by atoms with Gasteiger partial charge in [0, 0.05) is 13.6 Å². The fraction of sp³-hybridized carbons (Fsp3) is 0.857. The molecule has 2 amide bonds. The Morgan fingerprint density at radius 2 is 1.90 bits per heavy atom. The molecule has 116 valence electrons. The monoisotopic (exact) mass is 285 g/mol. The number of likely N-dealkylation sites (tertiary alicyclic amines) is 1. The molecule has 20 heavy (non-hydrogen) atoms. The molecule has 1 heterocycles. The molecule has 2 N–H and O–H groups in total. The highest BCUT2D eigenvalue weighted by atomic mass is 16.4. The average molecular weight is 285 g/mol. The molecule has 0 radical (unpaired) electrons. The van der Waals surface area contributed by atoms with Gasteiger partial charge < -0.3 is 20.2 Å². The Balaban J connectivity index is 2.31. The van der Waals surface area contributed by atoms with Gasteiger partial charge in [-0.25, -0.2) is 9.59 Å². The highest BCUT2D eigenvalue weighted by Crippen LogP contribution is 2.19. The highest BCUT2D eigenvalue weighted by molar-refractivity contribution is 5.85. The third-order valence-electron chi connectivity index (χ3n) is 4.33. The molecule has 0 aromatic carbocycles. The Hall–Kier alpha value is -1.30. The maximum Gasteiger partial charge on any atom is 0.329 e. The molecule has 0 aromatic heterocycles. The number of carboxylic acids is 1. The molecule has 0 spiro atoms. The predicted molar refractivity (Wildman–Crippen MR) is 77.7 cm³/mol. The zero-order valence-corrected chi connectivity index (χ0v) is 13.0. The van der Waals surface area contributed by atoms with Crippen LogP contribution in [-0.2, 0) is 4.79 Å². The molecule has 6 heteroatoms. The molecule has 6 nitrogen and oxygen atoms in total. The lowest BCUT2D eigenvalue weighted by atomic mass is 9.94. The Kier molecular flexibility index (Phi) is 5.80. The van der Waals surface area contributed by atoms with Crippen LogP contribution in [0.4, 0.5) is 4.79 Å². The Labute approximate surface area is 121 Å². The zero-order valence-electron chi connectivity index (χ0n) is 13.0. The molecule has 1 fully saturated rings. The first-order valence-electron chi connectivity index (χ1n) is 7.18. The van der Waals surface area contributed by atoms with Crippen molar-refractivity contribution in [3.63, 3.8) is 0 Å². The second-order valence-corrected chi connectivity index (χ2v) is 6.19. The lowest BCUT2D eigenvalue weighted by Crippen LogP contribution is -2.54. The summed E-state index contributed by atoms with van der Waals surface area (Å²) in [5, 5.41) is 11.9. The van der Waals surface area contributed by atoms with Crippen molar-refractivity contribution in [2.45, 2.75) is 38.6 Å². The third kappa shape index (κ3) is 4.37. The lowest BCUT2D eigenvalue weighted by Gasteiger charge is -2.32. The van der Waals surface area contributed by atoms with Crippen molar-refractivity contribution in [3.8, 4) is 0 Å². The van der Waals surface area contributed by atoms with E-state index in [9.17, 15) is 9.59 Å². The van der Waals surface area contributed by atoms with Crippen LogP contribution in [0.1, 0.15) is 33.1 Å². The van der Waals surface area contributed by atoms with Gasteiger partial charge in [-0.1, -0.05) is 0 Å². The van der Waals surface area contributed by atoms with E-state index in [1.807, 2.05) is 0 Å². The van der Waals surface area contributed by atoms with Crippen molar-refractivity contribution >= 4 is 12.0 Å². The minimum Gasteiger partial charge on any atom is -0.480 e. The Morgan fingerprint density at radius 3 is 2.40 bits per heavy atom. The van der Waals surface area contributed by atoms with E-state index in [0.29, 0.717) is 12.5 Å². The molecular weight excluding hydrogens is 258 g/mol. The quantitative estimate of drug-likeness (QED) is 0.796. The summed E-state index contributed by atoms with van der Waals surface area (Å²) in [5.74, 6) is -0.352. The summed E-state index contributed by atoms with van der Waals surface area (Å²) in [6.45, 7) is 5.88. The molecule has 1 saturated heterocycles. The van der Waals surface area contributed by atoms with Gasteiger partial charge in [-0.3, -0.25) is 0 Å². The number of nitrogens with zero attached hydrogens (tertiary/aromatic N) is 2. The third-order valence-corrected chi connectivity index (χ3v) is 4.33. The Morgan fingerprint density at radius 1 is 1.35 bits per heavy atom. The van der Waals surface area contributed by atoms with Gasteiger partial charge >= 0.3 is 12.0 Å². The van der Waals surface area contributed by atoms with Crippen molar-refractivity contribution in [2.24, 2.45) is 5.92 Å². The SMILES string of the molecule is CN1CCC(CCNC(=O)N(C)C(C)(C)C(=O)O)CC1. The second-order valence-electron chi connectivity index (χ2n) is 6.19. The summed E-state index contributed by atoms with van der Waals surface area (Å²) < 4.78 is 0. The maximum absolute atomic E-state index is 11.9. The number of piperidine rings is 1. The largest absolute Gasteiger partial charge is 0.480 e. The van der Waals surface area contributed by atoms with Gasteiger partial charge in [-0.2, -0.15) is 0 Å². The molecule has 0 bridgehead atoms. The number of amides is 2. The minimum atomic E-state index is -1.20. The van der Waals surface area contributed by atoms with E-state index >= 15 is 0 Å². The number of carboxylic acid groups (broad SMARTS) is 1. The standard InChI is InChI=1S/C14H27N3O3/c1-14(2,12(18)19)17(4)13(20)15-8-5-11-6-9-16(3)10-7-11/h11H,5-10H2,1-4H3,(H,15,20)(H,18,19).